The number of likely N-dealkylation sites (tertiary alicyclic amines) is 1. The Morgan fingerprint density at radius 2 is 1.94 bits per heavy atom. The van der Waals surface area contributed by atoms with E-state index >= 15 is 0 Å². The fourth-order valence-corrected chi connectivity index (χ4v) is 3.44. The molecule has 1 heterocycles. The van der Waals surface area contributed by atoms with Gasteiger partial charge in [0.05, 0.1) is 0 Å². The minimum absolute atomic E-state index is 0.272. The van der Waals surface area contributed by atoms with Crippen molar-refractivity contribution in [2.45, 2.75) is 71.4 Å². The van der Waals surface area contributed by atoms with E-state index in [1.807, 2.05) is 0 Å². The van der Waals surface area contributed by atoms with Gasteiger partial charge in [0.1, 0.15) is 0 Å². The SMILES string of the molecule is CCC1CCCN(C2CCC2CNC(C)(C)C)C1. The third-order valence-electron chi connectivity index (χ3n) is 4.87. The summed E-state index contributed by atoms with van der Waals surface area (Å²) < 4.78 is 0. The van der Waals surface area contributed by atoms with Gasteiger partial charge in [-0.15, -0.1) is 0 Å². The van der Waals surface area contributed by atoms with Gasteiger partial charge in [0.2, 0.25) is 0 Å². The molecule has 0 spiro atoms. The van der Waals surface area contributed by atoms with Crippen LogP contribution in [0.5, 0.6) is 0 Å². The maximum atomic E-state index is 3.69. The molecule has 0 aromatic carbocycles. The Kier molecular flexibility index (Phi) is 4.71. The monoisotopic (exact) mass is 252 g/mol. The first-order valence-corrected chi connectivity index (χ1v) is 7.98. The Bertz CT molecular complexity index is 256. The molecule has 18 heavy (non-hydrogen) atoms. The van der Waals surface area contributed by atoms with Crippen LogP contribution in [-0.2, 0) is 0 Å². The summed E-state index contributed by atoms with van der Waals surface area (Å²) in [6.07, 6.45) is 7.13. The van der Waals surface area contributed by atoms with Crippen LogP contribution in [0.25, 0.3) is 0 Å². The van der Waals surface area contributed by atoms with Crippen molar-refractivity contribution in [3.05, 3.63) is 0 Å². The number of rotatable bonds is 4. The highest BCUT2D eigenvalue weighted by atomic mass is 15.2. The molecule has 0 aromatic rings. The summed E-state index contributed by atoms with van der Waals surface area (Å²) >= 11 is 0. The molecule has 1 aliphatic carbocycles. The Balaban J connectivity index is 1.78. The Labute approximate surface area is 114 Å². The molecule has 2 nitrogen and oxygen atoms in total. The zero-order valence-corrected chi connectivity index (χ0v) is 12.8. The topological polar surface area (TPSA) is 15.3 Å². The van der Waals surface area contributed by atoms with Gasteiger partial charge in [-0.25, -0.2) is 0 Å². The normalized spacial score (nSPS) is 34.3. The predicted molar refractivity (Wildman–Crippen MR) is 78.9 cm³/mol. The van der Waals surface area contributed by atoms with Crippen LogP contribution in [0.4, 0.5) is 0 Å². The summed E-state index contributed by atoms with van der Waals surface area (Å²) in [5, 5.41) is 3.69. The molecule has 0 aromatic heterocycles. The van der Waals surface area contributed by atoms with Gasteiger partial charge < -0.3 is 5.32 Å². The molecule has 1 N–H and O–H groups in total. The highest BCUT2D eigenvalue weighted by molar-refractivity contribution is 4.93. The minimum atomic E-state index is 0.272. The third kappa shape index (κ3) is 3.71. The zero-order valence-electron chi connectivity index (χ0n) is 12.8. The summed E-state index contributed by atoms with van der Waals surface area (Å²) in [7, 11) is 0. The molecule has 0 amide bonds. The van der Waals surface area contributed by atoms with Crippen molar-refractivity contribution in [1.82, 2.24) is 10.2 Å². The van der Waals surface area contributed by atoms with E-state index in [2.05, 4.69) is 37.9 Å². The molecule has 1 saturated heterocycles. The molecular formula is C16H32N2. The van der Waals surface area contributed by atoms with Gasteiger partial charge in [-0.1, -0.05) is 13.3 Å². The highest BCUT2D eigenvalue weighted by Crippen LogP contribution is 2.35. The van der Waals surface area contributed by atoms with Gasteiger partial charge in [0.25, 0.3) is 0 Å². The average molecular weight is 252 g/mol. The summed E-state index contributed by atoms with van der Waals surface area (Å²) in [5.41, 5.74) is 0.272. The lowest BCUT2D eigenvalue weighted by Gasteiger charge is -2.48. The van der Waals surface area contributed by atoms with Gasteiger partial charge >= 0.3 is 0 Å². The van der Waals surface area contributed by atoms with Crippen molar-refractivity contribution in [2.75, 3.05) is 19.6 Å². The van der Waals surface area contributed by atoms with Crippen LogP contribution < -0.4 is 5.32 Å². The lowest BCUT2D eigenvalue weighted by molar-refractivity contribution is 0.0255. The van der Waals surface area contributed by atoms with Crippen molar-refractivity contribution in [3.63, 3.8) is 0 Å². The van der Waals surface area contributed by atoms with Crippen molar-refractivity contribution < 1.29 is 0 Å². The number of hydrogen-bond acceptors (Lipinski definition) is 2. The van der Waals surface area contributed by atoms with Crippen LogP contribution in [-0.4, -0.2) is 36.1 Å². The van der Waals surface area contributed by atoms with Crippen LogP contribution in [0, 0.1) is 11.8 Å². The van der Waals surface area contributed by atoms with E-state index in [9.17, 15) is 0 Å². The quantitative estimate of drug-likeness (QED) is 0.826. The van der Waals surface area contributed by atoms with Crippen molar-refractivity contribution >= 4 is 0 Å². The first-order chi connectivity index (χ1) is 8.49. The molecule has 0 bridgehead atoms. The second kappa shape index (κ2) is 5.92. The van der Waals surface area contributed by atoms with Gasteiger partial charge in [-0.05, 0) is 71.4 Å². The Hall–Kier alpha value is -0.0800. The summed E-state index contributed by atoms with van der Waals surface area (Å²) in [6.45, 7) is 13.1. The molecule has 106 valence electrons. The van der Waals surface area contributed by atoms with Crippen molar-refractivity contribution in [2.24, 2.45) is 11.8 Å². The van der Waals surface area contributed by atoms with Gasteiger partial charge in [-0.2, -0.15) is 0 Å². The highest BCUT2D eigenvalue weighted by Gasteiger charge is 2.37. The Morgan fingerprint density at radius 3 is 2.50 bits per heavy atom. The lowest BCUT2D eigenvalue weighted by Crippen LogP contribution is -2.55. The standard InChI is InChI=1S/C16H32N2/c1-5-13-7-6-10-18(12-13)15-9-8-14(15)11-17-16(2,3)4/h13-15,17H,5-12H2,1-4H3. The van der Waals surface area contributed by atoms with Gasteiger partial charge in [-0.3, -0.25) is 4.90 Å². The van der Waals surface area contributed by atoms with Gasteiger partial charge in [0, 0.05) is 18.1 Å². The third-order valence-corrected chi connectivity index (χ3v) is 4.87. The molecule has 0 radical (unpaired) electrons. The number of nitrogens with one attached hydrogen (secondary N) is 1. The maximum absolute atomic E-state index is 3.69. The summed E-state index contributed by atoms with van der Waals surface area (Å²) in [5.74, 6) is 1.87. The molecule has 3 unspecified atom stereocenters. The summed E-state index contributed by atoms with van der Waals surface area (Å²) in [4.78, 5) is 2.80. The van der Waals surface area contributed by atoms with E-state index in [0.717, 1.165) is 17.9 Å². The molecule has 1 aliphatic heterocycles. The lowest BCUT2D eigenvalue weighted by atomic mass is 9.76. The van der Waals surface area contributed by atoms with Gasteiger partial charge in [0.15, 0.2) is 0 Å². The van der Waals surface area contributed by atoms with E-state index in [4.69, 9.17) is 0 Å². The second-order valence-corrected chi connectivity index (χ2v) is 7.45. The van der Waals surface area contributed by atoms with E-state index in [1.54, 1.807) is 0 Å². The fraction of sp³-hybridized carbons (Fsp3) is 1.00. The van der Waals surface area contributed by atoms with E-state index in [0.29, 0.717) is 0 Å². The van der Waals surface area contributed by atoms with Crippen LogP contribution >= 0.6 is 0 Å². The maximum Gasteiger partial charge on any atom is 0.0136 e. The van der Waals surface area contributed by atoms with E-state index in [1.165, 1.54) is 51.7 Å². The molecule has 1 saturated carbocycles. The number of nitrogens with zero attached hydrogens (tertiary/aromatic N) is 1. The van der Waals surface area contributed by atoms with Crippen LogP contribution in [0.2, 0.25) is 0 Å². The van der Waals surface area contributed by atoms with Crippen molar-refractivity contribution in [3.8, 4) is 0 Å². The Morgan fingerprint density at radius 1 is 1.17 bits per heavy atom. The molecule has 3 atom stereocenters. The molecule has 2 heteroatoms. The van der Waals surface area contributed by atoms with Crippen LogP contribution in [0.1, 0.15) is 59.8 Å². The first kappa shape index (κ1) is 14.3. The zero-order chi connectivity index (χ0) is 13.2. The predicted octanol–water partition coefficient (Wildman–Crippen LogP) is 3.28. The minimum Gasteiger partial charge on any atom is -0.312 e. The van der Waals surface area contributed by atoms with E-state index in [-0.39, 0.29) is 5.54 Å². The molecular weight excluding hydrogens is 220 g/mol. The fourth-order valence-electron chi connectivity index (χ4n) is 3.44. The largest absolute Gasteiger partial charge is 0.312 e. The molecule has 2 rings (SSSR count). The molecule has 2 fully saturated rings. The van der Waals surface area contributed by atoms with Crippen LogP contribution in [0.3, 0.4) is 0 Å². The summed E-state index contributed by atoms with van der Waals surface area (Å²) in [6, 6.07) is 0.884. The number of piperidine rings is 1. The first-order valence-electron chi connectivity index (χ1n) is 7.98. The van der Waals surface area contributed by atoms with E-state index < -0.39 is 0 Å². The van der Waals surface area contributed by atoms with Crippen LogP contribution in [0.15, 0.2) is 0 Å². The smallest absolute Gasteiger partial charge is 0.0136 e. The number of hydrogen-bond donors (Lipinski definition) is 1. The molecule has 2 aliphatic rings. The second-order valence-electron chi connectivity index (χ2n) is 7.45. The average Bonchev–Trinajstić information content (AvgIpc) is 2.26. The van der Waals surface area contributed by atoms with Crippen molar-refractivity contribution in [1.29, 1.82) is 0 Å².